The molecule has 0 fully saturated rings. The van der Waals surface area contributed by atoms with Crippen molar-refractivity contribution in [1.82, 2.24) is 19.5 Å². The van der Waals surface area contributed by atoms with Gasteiger partial charge in [-0.3, -0.25) is 0 Å². The van der Waals surface area contributed by atoms with Crippen molar-refractivity contribution in [3.63, 3.8) is 0 Å². The van der Waals surface area contributed by atoms with Crippen molar-refractivity contribution in [2.75, 3.05) is 12.9 Å². The Labute approximate surface area is 136 Å². The van der Waals surface area contributed by atoms with E-state index in [4.69, 9.17) is 4.74 Å². The molecule has 2 aromatic rings. The topological polar surface area (TPSA) is 86.1 Å². The van der Waals surface area contributed by atoms with Crippen LogP contribution in [0, 0.1) is 0 Å². The van der Waals surface area contributed by atoms with Gasteiger partial charge in [0.05, 0.1) is 12.3 Å². The molecule has 1 atom stereocenters. The average molecular weight is 338 g/mol. The molecule has 1 N–H and O–H groups in total. The number of aryl methyl sites for hydroxylation is 1. The number of ether oxygens (including phenoxy) is 1. The Morgan fingerprint density at radius 3 is 2.61 bits per heavy atom. The predicted molar refractivity (Wildman–Crippen MR) is 87.1 cm³/mol. The minimum absolute atomic E-state index is 0.102. The van der Waals surface area contributed by atoms with Crippen LogP contribution < -0.4 is 4.72 Å². The Kier molecular flexibility index (Phi) is 5.51. The quantitative estimate of drug-likeness (QED) is 0.783. The maximum absolute atomic E-state index is 12.4. The second-order valence-electron chi connectivity index (χ2n) is 5.41. The first-order valence-corrected chi connectivity index (χ1v) is 9.00. The van der Waals surface area contributed by atoms with E-state index in [1.54, 1.807) is 17.8 Å². The van der Waals surface area contributed by atoms with Gasteiger partial charge in [-0.25, -0.2) is 13.1 Å². The molecule has 1 aromatic heterocycles. The highest BCUT2D eigenvalue weighted by Crippen LogP contribution is 2.26. The number of sulfonamides is 1. The Hall–Kier alpha value is -1.77. The third-order valence-corrected chi connectivity index (χ3v) is 5.30. The van der Waals surface area contributed by atoms with Gasteiger partial charge >= 0.3 is 0 Å². The first-order valence-electron chi connectivity index (χ1n) is 7.35. The van der Waals surface area contributed by atoms with E-state index in [0.717, 1.165) is 5.56 Å². The van der Waals surface area contributed by atoms with Crippen LogP contribution in [-0.4, -0.2) is 36.0 Å². The van der Waals surface area contributed by atoms with Gasteiger partial charge < -0.3 is 9.30 Å². The van der Waals surface area contributed by atoms with Gasteiger partial charge in [0.15, 0.2) is 0 Å². The molecule has 2 rings (SSSR count). The Morgan fingerprint density at radius 1 is 1.30 bits per heavy atom. The molecule has 8 heteroatoms. The van der Waals surface area contributed by atoms with Crippen molar-refractivity contribution in [3.05, 3.63) is 48.0 Å². The maximum Gasteiger partial charge on any atom is 0.215 e. The van der Waals surface area contributed by atoms with Gasteiger partial charge in [-0.05, 0) is 19.4 Å². The van der Waals surface area contributed by atoms with E-state index in [2.05, 4.69) is 14.9 Å². The summed E-state index contributed by atoms with van der Waals surface area (Å²) >= 11 is 0. The summed E-state index contributed by atoms with van der Waals surface area (Å²) in [5.41, 5.74) is -0.115. The molecule has 0 spiro atoms. The van der Waals surface area contributed by atoms with Gasteiger partial charge in [-0.15, -0.1) is 10.2 Å². The van der Waals surface area contributed by atoms with Gasteiger partial charge in [-0.1, -0.05) is 30.3 Å². The Morgan fingerprint density at radius 2 is 2.00 bits per heavy atom. The second-order valence-corrected chi connectivity index (χ2v) is 7.22. The monoisotopic (exact) mass is 338 g/mol. The third-order valence-electron chi connectivity index (χ3n) is 3.79. The van der Waals surface area contributed by atoms with Crippen molar-refractivity contribution in [3.8, 4) is 0 Å². The van der Waals surface area contributed by atoms with Crippen LogP contribution in [0.2, 0.25) is 0 Å². The summed E-state index contributed by atoms with van der Waals surface area (Å²) < 4.78 is 34.7. The summed E-state index contributed by atoms with van der Waals surface area (Å²) in [7, 11) is -2.05. The van der Waals surface area contributed by atoms with Crippen molar-refractivity contribution in [2.45, 2.75) is 32.5 Å². The summed E-state index contributed by atoms with van der Waals surface area (Å²) in [4.78, 5) is 0. The van der Waals surface area contributed by atoms with Crippen LogP contribution in [0.4, 0.5) is 0 Å². The largest absolute Gasteiger partial charge is 0.373 e. The number of hydrogen-bond donors (Lipinski definition) is 1. The lowest BCUT2D eigenvalue weighted by Gasteiger charge is -2.28. The van der Waals surface area contributed by atoms with E-state index in [1.807, 2.05) is 37.3 Å². The van der Waals surface area contributed by atoms with Crippen LogP contribution in [0.25, 0.3) is 0 Å². The molecule has 0 saturated heterocycles. The number of aromatic nitrogens is 3. The van der Waals surface area contributed by atoms with E-state index in [-0.39, 0.29) is 12.3 Å². The molecule has 0 bridgehead atoms. The van der Waals surface area contributed by atoms with Crippen molar-refractivity contribution in [1.29, 1.82) is 0 Å². The number of benzene rings is 1. The SMILES string of the molecule is CCn1cnnc1CNS(=O)(=O)CC(C)(OC)c1ccccc1. The average Bonchev–Trinajstić information content (AvgIpc) is 3.01. The highest BCUT2D eigenvalue weighted by molar-refractivity contribution is 7.89. The Balaban J connectivity index is 2.10. The number of nitrogens with one attached hydrogen (secondary N) is 1. The van der Waals surface area contributed by atoms with E-state index in [9.17, 15) is 8.42 Å². The molecule has 1 aromatic carbocycles. The van der Waals surface area contributed by atoms with Crippen LogP contribution >= 0.6 is 0 Å². The summed E-state index contributed by atoms with van der Waals surface area (Å²) in [5, 5.41) is 7.71. The zero-order valence-electron chi connectivity index (χ0n) is 13.6. The first-order chi connectivity index (χ1) is 10.9. The zero-order valence-corrected chi connectivity index (χ0v) is 14.4. The minimum atomic E-state index is -3.56. The van der Waals surface area contributed by atoms with Gasteiger partial charge in [0.25, 0.3) is 0 Å². The summed E-state index contributed by atoms with van der Waals surface area (Å²) in [6.45, 7) is 4.49. The Bertz CT molecular complexity index is 730. The number of hydrogen-bond acceptors (Lipinski definition) is 5. The van der Waals surface area contributed by atoms with Gasteiger partial charge in [0, 0.05) is 13.7 Å². The minimum Gasteiger partial charge on any atom is -0.373 e. The zero-order chi connectivity index (χ0) is 16.9. The lowest BCUT2D eigenvalue weighted by Crippen LogP contribution is -2.39. The first kappa shape index (κ1) is 17.6. The molecule has 0 amide bonds. The molecule has 0 aliphatic carbocycles. The molecular formula is C15H22N4O3S. The van der Waals surface area contributed by atoms with Crippen molar-refractivity contribution >= 4 is 10.0 Å². The molecule has 1 unspecified atom stereocenters. The highest BCUT2D eigenvalue weighted by atomic mass is 32.2. The van der Waals surface area contributed by atoms with Gasteiger partial charge in [0.2, 0.25) is 10.0 Å². The molecule has 0 radical (unpaired) electrons. The van der Waals surface area contributed by atoms with Crippen LogP contribution in [-0.2, 0) is 33.5 Å². The molecule has 23 heavy (non-hydrogen) atoms. The fourth-order valence-corrected chi connectivity index (χ4v) is 3.78. The molecule has 1 heterocycles. The molecular weight excluding hydrogens is 316 g/mol. The third kappa shape index (κ3) is 4.37. The summed E-state index contributed by atoms with van der Waals surface area (Å²) in [5.74, 6) is 0.399. The lowest BCUT2D eigenvalue weighted by molar-refractivity contribution is 0.0220. The predicted octanol–water partition coefficient (Wildman–Crippen LogP) is 1.28. The van der Waals surface area contributed by atoms with Gasteiger partial charge in [-0.2, -0.15) is 0 Å². The number of nitrogens with zero attached hydrogens (tertiary/aromatic N) is 3. The highest BCUT2D eigenvalue weighted by Gasteiger charge is 2.32. The molecule has 0 aliphatic heterocycles. The van der Waals surface area contributed by atoms with E-state index in [1.165, 1.54) is 7.11 Å². The maximum atomic E-state index is 12.4. The van der Waals surface area contributed by atoms with E-state index >= 15 is 0 Å². The van der Waals surface area contributed by atoms with Crippen molar-refractivity contribution in [2.24, 2.45) is 0 Å². The number of rotatable bonds is 8. The standard InChI is InChI=1S/C15H22N4O3S/c1-4-19-12-16-18-14(19)10-17-23(20,21)11-15(2,22-3)13-8-6-5-7-9-13/h5-9,12,17H,4,10-11H2,1-3H3. The lowest BCUT2D eigenvalue weighted by atomic mass is 9.98. The van der Waals surface area contributed by atoms with Crippen LogP contribution in [0.15, 0.2) is 36.7 Å². The van der Waals surface area contributed by atoms with E-state index < -0.39 is 15.6 Å². The van der Waals surface area contributed by atoms with Crippen molar-refractivity contribution < 1.29 is 13.2 Å². The van der Waals surface area contributed by atoms with Gasteiger partial charge in [0.1, 0.15) is 17.8 Å². The normalized spacial score (nSPS) is 14.6. The van der Waals surface area contributed by atoms with Crippen LogP contribution in [0.3, 0.4) is 0 Å². The number of methoxy groups -OCH3 is 1. The molecule has 7 nitrogen and oxygen atoms in total. The smallest absolute Gasteiger partial charge is 0.215 e. The van der Waals surface area contributed by atoms with Crippen LogP contribution in [0.1, 0.15) is 25.2 Å². The van der Waals surface area contributed by atoms with Crippen LogP contribution in [0.5, 0.6) is 0 Å². The molecule has 0 saturated carbocycles. The summed E-state index contributed by atoms with van der Waals surface area (Å²) in [6, 6.07) is 9.30. The molecule has 126 valence electrons. The fourth-order valence-electron chi connectivity index (χ4n) is 2.32. The fraction of sp³-hybridized carbons (Fsp3) is 0.467. The molecule has 0 aliphatic rings. The summed E-state index contributed by atoms with van der Waals surface area (Å²) in [6.07, 6.45) is 1.58. The van der Waals surface area contributed by atoms with E-state index in [0.29, 0.717) is 12.4 Å². The second kappa shape index (κ2) is 7.20.